The van der Waals surface area contributed by atoms with Crippen LogP contribution in [0.1, 0.15) is 0 Å². The molecule has 2 aliphatic rings. The third kappa shape index (κ3) is 1.75. The first-order valence-corrected chi connectivity index (χ1v) is 4.83. The van der Waals surface area contributed by atoms with Crippen LogP contribution in [0.5, 0.6) is 0 Å². The molecule has 1 unspecified atom stereocenters. The summed E-state index contributed by atoms with van der Waals surface area (Å²) in [5, 5.41) is 9.65. The zero-order valence-corrected chi connectivity index (χ0v) is 7.13. The van der Waals surface area contributed by atoms with Crippen molar-refractivity contribution in [3.63, 3.8) is 0 Å². The van der Waals surface area contributed by atoms with Gasteiger partial charge >= 0.3 is 0 Å². The molecule has 1 saturated heterocycles. The Morgan fingerprint density at radius 3 is 3.00 bits per heavy atom. The molecule has 2 heterocycles. The molecule has 2 rings (SSSR count). The molecule has 2 aliphatic heterocycles. The third-order valence-corrected chi connectivity index (χ3v) is 2.99. The lowest BCUT2D eigenvalue weighted by Gasteiger charge is -2.36. The van der Waals surface area contributed by atoms with Gasteiger partial charge < -0.3 is 5.11 Å². The van der Waals surface area contributed by atoms with Crippen LogP contribution in [0.2, 0.25) is 0 Å². The average molecular weight is 172 g/mol. The number of likely N-dealkylation sites (tertiary alicyclic amines) is 1. The molecule has 0 aromatic heterocycles. The lowest BCUT2D eigenvalue weighted by Crippen LogP contribution is -2.52. The number of rotatable bonds is 2. The van der Waals surface area contributed by atoms with Gasteiger partial charge in [-0.1, -0.05) is 0 Å². The zero-order chi connectivity index (χ0) is 7.68. The fourth-order valence-corrected chi connectivity index (χ4v) is 2.23. The van der Waals surface area contributed by atoms with Gasteiger partial charge in [-0.15, -0.1) is 11.8 Å². The second-order valence-electron chi connectivity index (χ2n) is 3.10. The van der Waals surface area contributed by atoms with Crippen molar-refractivity contribution in [1.29, 1.82) is 0 Å². The highest BCUT2D eigenvalue weighted by molar-refractivity contribution is 8.12. The van der Waals surface area contributed by atoms with E-state index in [9.17, 15) is 0 Å². The molecule has 0 bridgehead atoms. The number of hydrogen-bond donors (Lipinski definition) is 1. The van der Waals surface area contributed by atoms with Gasteiger partial charge in [-0.05, 0) is 0 Å². The van der Waals surface area contributed by atoms with E-state index in [2.05, 4.69) is 9.89 Å². The van der Waals surface area contributed by atoms with Gasteiger partial charge in [0.1, 0.15) is 0 Å². The minimum absolute atomic E-state index is 0.0673. The van der Waals surface area contributed by atoms with Crippen LogP contribution in [0.4, 0.5) is 0 Å². The summed E-state index contributed by atoms with van der Waals surface area (Å²) in [4.78, 5) is 6.42. The van der Waals surface area contributed by atoms with Crippen molar-refractivity contribution >= 4 is 17.3 Å². The van der Waals surface area contributed by atoms with E-state index in [0.717, 1.165) is 26.2 Å². The fraction of sp³-hybridized carbons (Fsp3) is 0.857. The molecule has 0 saturated carbocycles. The molecule has 0 radical (unpaired) electrons. The first-order chi connectivity index (χ1) is 5.34. The van der Waals surface area contributed by atoms with Crippen molar-refractivity contribution in [2.75, 3.05) is 26.2 Å². The highest BCUT2D eigenvalue weighted by Crippen LogP contribution is 2.18. The quantitative estimate of drug-likeness (QED) is 0.627. The largest absolute Gasteiger partial charge is 0.390 e. The molecule has 0 amide bonds. The summed E-state index contributed by atoms with van der Waals surface area (Å²) in [6, 6.07) is 0. The lowest BCUT2D eigenvalue weighted by atomic mass is 10.1. The van der Waals surface area contributed by atoms with Crippen molar-refractivity contribution in [2.24, 2.45) is 4.99 Å². The molecule has 0 aromatic rings. The molecule has 62 valence electrons. The van der Waals surface area contributed by atoms with Crippen LogP contribution in [0.3, 0.4) is 0 Å². The van der Waals surface area contributed by atoms with Gasteiger partial charge in [0.05, 0.1) is 18.2 Å². The minimum Gasteiger partial charge on any atom is -0.390 e. The summed E-state index contributed by atoms with van der Waals surface area (Å²) in [6.07, 6.45) is -0.0673. The summed E-state index contributed by atoms with van der Waals surface area (Å²) >= 11 is 1.81. The SMILES string of the molecule is OC1CN(CC2CN=CS2)C1. The van der Waals surface area contributed by atoms with E-state index in [1.807, 2.05) is 5.55 Å². The lowest BCUT2D eigenvalue weighted by molar-refractivity contribution is 0.00320. The third-order valence-electron chi connectivity index (χ3n) is 2.04. The molecule has 0 aromatic carbocycles. The number of β-amino-alcohol motifs (C(OH)–C–C–N with tert-alkyl or cyclic N) is 1. The minimum atomic E-state index is -0.0673. The van der Waals surface area contributed by atoms with Crippen molar-refractivity contribution in [1.82, 2.24) is 4.90 Å². The van der Waals surface area contributed by atoms with Crippen LogP contribution in [0, 0.1) is 0 Å². The Labute approximate surface area is 70.5 Å². The molecule has 1 N–H and O–H groups in total. The topological polar surface area (TPSA) is 35.8 Å². The Bertz CT molecular complexity index is 160. The van der Waals surface area contributed by atoms with Crippen LogP contribution >= 0.6 is 11.8 Å². The van der Waals surface area contributed by atoms with Gasteiger partial charge in [0.2, 0.25) is 0 Å². The maximum atomic E-state index is 9.01. The second-order valence-corrected chi connectivity index (χ2v) is 4.25. The fourth-order valence-electron chi connectivity index (χ4n) is 1.41. The Balaban J connectivity index is 1.67. The van der Waals surface area contributed by atoms with Gasteiger partial charge in [-0.2, -0.15) is 0 Å². The van der Waals surface area contributed by atoms with Crippen LogP contribution in [0.15, 0.2) is 4.99 Å². The number of aliphatic imine (C=N–C) groups is 1. The first-order valence-electron chi connectivity index (χ1n) is 3.89. The standard InChI is InChI=1S/C7H12N2OS/c10-6-2-9(3-6)4-7-1-8-5-11-7/h5-7,10H,1-4H2. The van der Waals surface area contributed by atoms with E-state index in [4.69, 9.17) is 5.11 Å². The Morgan fingerprint density at radius 1 is 1.64 bits per heavy atom. The number of nitrogens with zero attached hydrogens (tertiary/aromatic N) is 2. The highest BCUT2D eigenvalue weighted by Gasteiger charge is 2.27. The smallest absolute Gasteiger partial charge is 0.0793 e. The number of thioether (sulfide) groups is 1. The van der Waals surface area contributed by atoms with E-state index in [0.29, 0.717) is 5.25 Å². The van der Waals surface area contributed by atoms with Gasteiger partial charge in [-0.25, -0.2) is 0 Å². The first kappa shape index (κ1) is 7.58. The molecule has 3 nitrogen and oxygen atoms in total. The van der Waals surface area contributed by atoms with E-state index in [-0.39, 0.29) is 6.10 Å². The Kier molecular flexibility index (Phi) is 2.16. The van der Waals surface area contributed by atoms with Gasteiger partial charge in [0.15, 0.2) is 0 Å². The van der Waals surface area contributed by atoms with Crippen LogP contribution in [-0.4, -0.2) is 53.1 Å². The summed E-state index contributed by atoms with van der Waals surface area (Å²) in [6.45, 7) is 3.76. The van der Waals surface area contributed by atoms with Crippen molar-refractivity contribution in [2.45, 2.75) is 11.4 Å². The predicted molar refractivity (Wildman–Crippen MR) is 47.2 cm³/mol. The molecule has 1 atom stereocenters. The van der Waals surface area contributed by atoms with Crippen LogP contribution < -0.4 is 0 Å². The van der Waals surface area contributed by atoms with Gasteiger partial charge in [0, 0.05) is 24.9 Å². The number of aliphatic hydroxyl groups is 1. The van der Waals surface area contributed by atoms with Crippen LogP contribution in [0.25, 0.3) is 0 Å². The number of hydrogen-bond acceptors (Lipinski definition) is 4. The molecule has 0 aliphatic carbocycles. The summed E-state index contributed by atoms with van der Waals surface area (Å²) < 4.78 is 0. The molecule has 0 spiro atoms. The van der Waals surface area contributed by atoms with Gasteiger partial charge in [-0.3, -0.25) is 9.89 Å². The maximum absolute atomic E-state index is 9.01. The van der Waals surface area contributed by atoms with Gasteiger partial charge in [0.25, 0.3) is 0 Å². The normalized spacial score (nSPS) is 32.6. The molecule has 11 heavy (non-hydrogen) atoms. The molecule has 1 fully saturated rings. The van der Waals surface area contributed by atoms with Crippen molar-refractivity contribution in [3.05, 3.63) is 0 Å². The second kappa shape index (κ2) is 3.13. The monoisotopic (exact) mass is 172 g/mol. The highest BCUT2D eigenvalue weighted by atomic mass is 32.2. The summed E-state index contributed by atoms with van der Waals surface area (Å²) in [7, 11) is 0. The molecule has 4 heteroatoms. The van der Waals surface area contributed by atoms with Crippen LogP contribution in [-0.2, 0) is 0 Å². The van der Waals surface area contributed by atoms with E-state index in [1.54, 1.807) is 11.8 Å². The summed E-state index contributed by atoms with van der Waals surface area (Å²) in [5.41, 5.74) is 1.93. The Hall–Kier alpha value is -0.0600. The van der Waals surface area contributed by atoms with E-state index < -0.39 is 0 Å². The number of aliphatic hydroxyl groups excluding tert-OH is 1. The zero-order valence-electron chi connectivity index (χ0n) is 6.31. The van der Waals surface area contributed by atoms with E-state index >= 15 is 0 Å². The average Bonchev–Trinajstić information content (AvgIpc) is 2.36. The molecular weight excluding hydrogens is 160 g/mol. The van der Waals surface area contributed by atoms with Crippen molar-refractivity contribution < 1.29 is 5.11 Å². The van der Waals surface area contributed by atoms with E-state index in [1.165, 1.54) is 0 Å². The molecular formula is C7H12N2OS. The summed E-state index contributed by atoms with van der Waals surface area (Å²) in [5.74, 6) is 0. The van der Waals surface area contributed by atoms with Crippen molar-refractivity contribution in [3.8, 4) is 0 Å². The maximum Gasteiger partial charge on any atom is 0.0793 e. The predicted octanol–water partition coefficient (Wildman–Crippen LogP) is -0.193. The Morgan fingerprint density at radius 2 is 2.45 bits per heavy atom.